The Morgan fingerprint density at radius 2 is 2.05 bits per heavy atom. The van der Waals surface area contributed by atoms with Crippen LogP contribution in [0.3, 0.4) is 0 Å². The molecule has 0 saturated heterocycles. The highest BCUT2D eigenvalue weighted by molar-refractivity contribution is 7.12. The first-order valence-corrected chi connectivity index (χ1v) is 7.59. The molecule has 0 radical (unpaired) electrons. The second-order valence-electron chi connectivity index (χ2n) is 4.77. The average molecular weight is 293 g/mol. The van der Waals surface area contributed by atoms with Crippen LogP contribution < -0.4 is 10.1 Å². The standard InChI is InChI=1S/C16H20FNOS/c1-4-18-9-15-7-13(12(3)20-15)10-19-14-6-5-11(2)16(17)8-14/h5-8,18H,4,9-10H2,1-3H3. The molecule has 0 saturated carbocycles. The Morgan fingerprint density at radius 1 is 1.25 bits per heavy atom. The van der Waals surface area contributed by atoms with Crippen molar-refractivity contribution in [3.8, 4) is 5.75 Å². The number of benzene rings is 1. The molecule has 4 heteroatoms. The van der Waals surface area contributed by atoms with Crippen molar-refractivity contribution in [1.29, 1.82) is 0 Å². The van der Waals surface area contributed by atoms with Gasteiger partial charge in [0.25, 0.3) is 0 Å². The quantitative estimate of drug-likeness (QED) is 0.862. The van der Waals surface area contributed by atoms with Crippen LogP contribution in [-0.2, 0) is 13.2 Å². The zero-order valence-electron chi connectivity index (χ0n) is 12.1. The van der Waals surface area contributed by atoms with Crippen molar-refractivity contribution in [2.75, 3.05) is 6.54 Å². The first-order valence-electron chi connectivity index (χ1n) is 6.78. The lowest BCUT2D eigenvalue weighted by Gasteiger charge is -2.06. The van der Waals surface area contributed by atoms with Crippen LogP contribution in [0.4, 0.5) is 4.39 Å². The molecular weight excluding hydrogens is 273 g/mol. The van der Waals surface area contributed by atoms with Gasteiger partial charge < -0.3 is 10.1 Å². The molecule has 0 aliphatic carbocycles. The molecule has 1 heterocycles. The van der Waals surface area contributed by atoms with Crippen LogP contribution in [0.15, 0.2) is 24.3 Å². The zero-order chi connectivity index (χ0) is 14.5. The van der Waals surface area contributed by atoms with Gasteiger partial charge in [-0.15, -0.1) is 11.3 Å². The highest BCUT2D eigenvalue weighted by Gasteiger charge is 2.07. The average Bonchev–Trinajstić information content (AvgIpc) is 2.78. The molecule has 0 fully saturated rings. The normalized spacial score (nSPS) is 10.8. The van der Waals surface area contributed by atoms with Crippen LogP contribution in [0.1, 0.15) is 27.8 Å². The lowest BCUT2D eigenvalue weighted by atomic mass is 10.2. The molecule has 2 aromatic rings. The number of aryl methyl sites for hydroxylation is 2. The van der Waals surface area contributed by atoms with Gasteiger partial charge in [-0.1, -0.05) is 13.0 Å². The van der Waals surface area contributed by atoms with Crippen molar-refractivity contribution in [2.24, 2.45) is 0 Å². The summed E-state index contributed by atoms with van der Waals surface area (Å²) in [6, 6.07) is 7.14. The monoisotopic (exact) mass is 293 g/mol. The van der Waals surface area contributed by atoms with E-state index in [1.807, 2.05) is 0 Å². The minimum absolute atomic E-state index is 0.225. The molecule has 2 rings (SSSR count). The third-order valence-corrected chi connectivity index (χ3v) is 4.25. The van der Waals surface area contributed by atoms with Gasteiger partial charge in [-0.2, -0.15) is 0 Å². The molecule has 20 heavy (non-hydrogen) atoms. The maximum atomic E-state index is 13.4. The number of hydrogen-bond donors (Lipinski definition) is 1. The van der Waals surface area contributed by atoms with Crippen molar-refractivity contribution in [2.45, 2.75) is 33.9 Å². The third kappa shape index (κ3) is 3.81. The fourth-order valence-electron chi connectivity index (χ4n) is 1.89. The van der Waals surface area contributed by atoms with Gasteiger partial charge in [0.15, 0.2) is 0 Å². The fraction of sp³-hybridized carbons (Fsp3) is 0.375. The van der Waals surface area contributed by atoms with E-state index in [2.05, 4.69) is 25.2 Å². The van der Waals surface area contributed by atoms with Crippen LogP contribution in [0.2, 0.25) is 0 Å². The van der Waals surface area contributed by atoms with E-state index in [1.165, 1.54) is 21.4 Å². The molecule has 0 aliphatic heterocycles. The Kier molecular flexibility index (Phi) is 5.15. The Bertz CT molecular complexity index is 580. The molecule has 0 aliphatic rings. The van der Waals surface area contributed by atoms with Crippen molar-refractivity contribution in [3.63, 3.8) is 0 Å². The predicted molar refractivity (Wildman–Crippen MR) is 81.9 cm³/mol. The Balaban J connectivity index is 1.99. The molecule has 1 aromatic heterocycles. The summed E-state index contributed by atoms with van der Waals surface area (Å²) in [5.41, 5.74) is 1.81. The first-order chi connectivity index (χ1) is 9.60. The second kappa shape index (κ2) is 6.86. The van der Waals surface area contributed by atoms with Crippen molar-refractivity contribution >= 4 is 11.3 Å². The smallest absolute Gasteiger partial charge is 0.129 e. The van der Waals surface area contributed by atoms with E-state index in [0.29, 0.717) is 17.9 Å². The number of hydrogen-bond acceptors (Lipinski definition) is 3. The van der Waals surface area contributed by atoms with E-state index in [-0.39, 0.29) is 5.82 Å². The summed E-state index contributed by atoms with van der Waals surface area (Å²) >= 11 is 1.78. The molecule has 0 amide bonds. The summed E-state index contributed by atoms with van der Waals surface area (Å²) < 4.78 is 19.1. The van der Waals surface area contributed by atoms with Crippen LogP contribution in [0.5, 0.6) is 5.75 Å². The van der Waals surface area contributed by atoms with Crippen LogP contribution in [0.25, 0.3) is 0 Å². The third-order valence-electron chi connectivity index (χ3n) is 3.16. The molecule has 0 unspecified atom stereocenters. The first kappa shape index (κ1) is 15.0. The Morgan fingerprint density at radius 3 is 2.75 bits per heavy atom. The van der Waals surface area contributed by atoms with Gasteiger partial charge in [0.2, 0.25) is 0 Å². The number of ether oxygens (including phenoxy) is 1. The maximum Gasteiger partial charge on any atom is 0.129 e. The molecule has 0 bridgehead atoms. The predicted octanol–water partition coefficient (Wildman–Crippen LogP) is 4.19. The largest absolute Gasteiger partial charge is 0.489 e. The van der Waals surface area contributed by atoms with Crippen molar-refractivity contribution in [3.05, 3.63) is 51.0 Å². The van der Waals surface area contributed by atoms with Crippen molar-refractivity contribution in [1.82, 2.24) is 5.32 Å². The summed E-state index contributed by atoms with van der Waals surface area (Å²) in [6.07, 6.45) is 0. The molecule has 0 atom stereocenters. The van der Waals surface area contributed by atoms with Gasteiger partial charge in [-0.3, -0.25) is 0 Å². The summed E-state index contributed by atoms with van der Waals surface area (Å²) in [7, 11) is 0. The SMILES string of the molecule is CCNCc1cc(COc2ccc(C)c(F)c2)c(C)s1. The molecule has 1 aromatic carbocycles. The molecule has 108 valence electrons. The summed E-state index contributed by atoms with van der Waals surface area (Å²) in [6.45, 7) is 8.27. The highest BCUT2D eigenvalue weighted by Crippen LogP contribution is 2.24. The minimum Gasteiger partial charge on any atom is -0.489 e. The van der Waals surface area contributed by atoms with Crippen LogP contribution in [0, 0.1) is 19.7 Å². The molecule has 1 N–H and O–H groups in total. The fourth-order valence-corrected chi connectivity index (χ4v) is 2.91. The van der Waals surface area contributed by atoms with E-state index < -0.39 is 0 Å². The lowest BCUT2D eigenvalue weighted by molar-refractivity contribution is 0.304. The summed E-state index contributed by atoms with van der Waals surface area (Å²) in [4.78, 5) is 2.56. The number of thiophene rings is 1. The summed E-state index contributed by atoms with van der Waals surface area (Å²) in [5, 5.41) is 3.31. The van der Waals surface area contributed by atoms with Gasteiger partial charge in [-0.05, 0) is 38.1 Å². The van der Waals surface area contributed by atoms with Crippen molar-refractivity contribution < 1.29 is 9.13 Å². The Hall–Kier alpha value is -1.39. The van der Waals surface area contributed by atoms with E-state index in [4.69, 9.17) is 4.74 Å². The van der Waals surface area contributed by atoms with Crippen LogP contribution in [-0.4, -0.2) is 6.54 Å². The van der Waals surface area contributed by atoms with E-state index >= 15 is 0 Å². The summed E-state index contributed by atoms with van der Waals surface area (Å²) in [5.74, 6) is 0.351. The number of nitrogens with one attached hydrogen (secondary N) is 1. The van der Waals surface area contributed by atoms with Gasteiger partial charge >= 0.3 is 0 Å². The molecular formula is C16H20FNOS. The highest BCUT2D eigenvalue weighted by atomic mass is 32.1. The van der Waals surface area contributed by atoms with E-state index in [0.717, 1.165) is 13.1 Å². The van der Waals surface area contributed by atoms with Gasteiger partial charge in [0.1, 0.15) is 18.2 Å². The number of halogens is 1. The van der Waals surface area contributed by atoms with E-state index in [9.17, 15) is 4.39 Å². The maximum absolute atomic E-state index is 13.4. The van der Waals surface area contributed by atoms with E-state index in [1.54, 1.807) is 30.4 Å². The number of rotatable bonds is 6. The van der Waals surface area contributed by atoms with Gasteiger partial charge in [-0.25, -0.2) is 4.39 Å². The molecule has 2 nitrogen and oxygen atoms in total. The van der Waals surface area contributed by atoms with Gasteiger partial charge in [0, 0.05) is 27.9 Å². The van der Waals surface area contributed by atoms with Crippen LogP contribution >= 0.6 is 11.3 Å². The molecule has 0 spiro atoms. The Labute approximate surface area is 123 Å². The zero-order valence-corrected chi connectivity index (χ0v) is 12.9. The minimum atomic E-state index is -0.225. The lowest BCUT2D eigenvalue weighted by Crippen LogP contribution is -2.10. The second-order valence-corrected chi connectivity index (χ2v) is 6.12. The topological polar surface area (TPSA) is 21.3 Å². The van der Waals surface area contributed by atoms with Gasteiger partial charge in [0.05, 0.1) is 0 Å².